The Morgan fingerprint density at radius 1 is 1.30 bits per heavy atom. The van der Waals surface area contributed by atoms with E-state index in [0.29, 0.717) is 10.7 Å². The smallest absolute Gasteiger partial charge is 0.0437 e. The van der Waals surface area contributed by atoms with Crippen molar-refractivity contribution in [2.45, 2.75) is 0 Å². The molecule has 0 atom stereocenters. The molecule has 0 aliphatic carbocycles. The van der Waals surface area contributed by atoms with Gasteiger partial charge < -0.3 is 5.73 Å². The summed E-state index contributed by atoms with van der Waals surface area (Å²) in [4.78, 5) is 0. The Labute approximate surface area is 79.1 Å². The molecule has 0 bridgehead atoms. The van der Waals surface area contributed by atoms with Gasteiger partial charge in [0.2, 0.25) is 0 Å². The van der Waals surface area contributed by atoms with Gasteiger partial charge in [0.1, 0.15) is 0 Å². The van der Waals surface area contributed by atoms with E-state index in [2.05, 4.69) is 15.9 Å². The van der Waals surface area contributed by atoms with Crippen molar-refractivity contribution in [3.8, 4) is 0 Å². The maximum absolute atomic E-state index is 5.64. The lowest BCUT2D eigenvalue weighted by Crippen LogP contribution is -1.82. The minimum Gasteiger partial charge on any atom is -0.399 e. The average molecular weight is 243 g/mol. The zero-order chi connectivity index (χ0) is 6.85. The predicted molar refractivity (Wildman–Crippen MR) is 50.8 cm³/mol. The van der Waals surface area contributed by atoms with E-state index in [9.17, 15) is 0 Å². The Kier molecular flexibility index (Phi) is 4.09. The first-order valence-electron chi connectivity index (χ1n) is 2.40. The quantitative estimate of drug-likeness (QED) is 0.696. The molecule has 0 fully saturated rings. The van der Waals surface area contributed by atoms with Gasteiger partial charge in [0.05, 0.1) is 0 Å². The molecule has 2 N–H and O–H groups in total. The van der Waals surface area contributed by atoms with Gasteiger partial charge in [-0.2, -0.15) is 0 Å². The van der Waals surface area contributed by atoms with E-state index in [0.717, 1.165) is 4.47 Å². The highest BCUT2D eigenvalue weighted by Gasteiger charge is 1.91. The van der Waals surface area contributed by atoms with Crippen LogP contribution in [0.25, 0.3) is 0 Å². The number of rotatable bonds is 0. The molecular weight excluding hydrogens is 237 g/mol. The van der Waals surface area contributed by atoms with Crippen LogP contribution in [0.1, 0.15) is 0 Å². The van der Waals surface area contributed by atoms with Crippen molar-refractivity contribution in [2.75, 3.05) is 5.73 Å². The summed E-state index contributed by atoms with van der Waals surface area (Å²) in [7, 11) is 0. The number of hydrogen-bond donors (Lipinski definition) is 1. The van der Waals surface area contributed by atoms with Crippen LogP contribution in [0.2, 0.25) is 5.02 Å². The summed E-state index contributed by atoms with van der Waals surface area (Å²) in [6, 6.07) is 5.29. The number of nitrogen functional groups attached to an aromatic ring is 1. The Balaban J connectivity index is 0.000000810. The predicted octanol–water partition coefficient (Wildman–Crippen LogP) is 3.11. The summed E-state index contributed by atoms with van der Waals surface area (Å²) < 4.78 is 0.910. The van der Waals surface area contributed by atoms with Crippen molar-refractivity contribution < 1.29 is 0 Å². The fraction of sp³-hybridized carbons (Fsp3) is 0. The van der Waals surface area contributed by atoms with Gasteiger partial charge in [-0.1, -0.05) is 27.5 Å². The van der Waals surface area contributed by atoms with Crippen LogP contribution < -0.4 is 5.73 Å². The largest absolute Gasteiger partial charge is 0.399 e. The third-order valence-electron chi connectivity index (χ3n) is 0.885. The lowest BCUT2D eigenvalue weighted by Gasteiger charge is -1.94. The zero-order valence-electron chi connectivity index (χ0n) is 4.97. The minimum absolute atomic E-state index is 0. The van der Waals surface area contributed by atoms with Crippen LogP contribution in [0.5, 0.6) is 0 Å². The molecule has 4 heteroatoms. The van der Waals surface area contributed by atoms with Gasteiger partial charge in [0.15, 0.2) is 0 Å². The molecule has 0 aromatic heterocycles. The molecule has 0 saturated carbocycles. The van der Waals surface area contributed by atoms with Crippen molar-refractivity contribution in [1.82, 2.24) is 0 Å². The molecule has 0 saturated heterocycles. The molecular formula is C6H6BrCl2N. The minimum atomic E-state index is 0. The van der Waals surface area contributed by atoms with E-state index in [-0.39, 0.29) is 12.4 Å². The molecule has 0 unspecified atom stereocenters. The van der Waals surface area contributed by atoms with Gasteiger partial charge in [-0.25, -0.2) is 0 Å². The highest BCUT2D eigenvalue weighted by molar-refractivity contribution is 9.10. The topological polar surface area (TPSA) is 26.0 Å². The third kappa shape index (κ3) is 2.78. The fourth-order valence-electron chi connectivity index (χ4n) is 0.575. The van der Waals surface area contributed by atoms with Crippen molar-refractivity contribution in [3.63, 3.8) is 0 Å². The molecule has 1 aromatic carbocycles. The van der Waals surface area contributed by atoms with Crippen LogP contribution >= 0.6 is 39.9 Å². The molecule has 10 heavy (non-hydrogen) atoms. The molecule has 56 valence electrons. The number of anilines is 1. The van der Waals surface area contributed by atoms with Crippen LogP contribution in [0.3, 0.4) is 0 Å². The van der Waals surface area contributed by atoms with Crippen molar-refractivity contribution >= 4 is 45.6 Å². The van der Waals surface area contributed by atoms with Crippen LogP contribution in [-0.2, 0) is 0 Å². The van der Waals surface area contributed by atoms with Crippen LogP contribution in [-0.4, -0.2) is 0 Å². The van der Waals surface area contributed by atoms with E-state index < -0.39 is 0 Å². The zero-order valence-corrected chi connectivity index (χ0v) is 8.13. The molecule has 0 spiro atoms. The summed E-state index contributed by atoms with van der Waals surface area (Å²) in [5.41, 5.74) is 6.12. The molecule has 1 nitrogen and oxygen atoms in total. The van der Waals surface area contributed by atoms with Gasteiger partial charge in [0, 0.05) is 15.2 Å². The lowest BCUT2D eigenvalue weighted by atomic mass is 10.3. The molecule has 0 amide bonds. The van der Waals surface area contributed by atoms with E-state index in [1.54, 1.807) is 18.2 Å². The lowest BCUT2D eigenvalue weighted by molar-refractivity contribution is 1.63. The first-order valence-corrected chi connectivity index (χ1v) is 3.57. The molecule has 0 heterocycles. The molecule has 0 aliphatic heterocycles. The van der Waals surface area contributed by atoms with Crippen LogP contribution in [0.15, 0.2) is 22.7 Å². The maximum Gasteiger partial charge on any atom is 0.0437 e. The summed E-state index contributed by atoms with van der Waals surface area (Å²) in [5, 5.41) is 0.655. The van der Waals surface area contributed by atoms with E-state index in [1.165, 1.54) is 0 Å². The SMILES string of the molecule is Cl.Nc1cc(Cl)cc(Br)c1. The molecule has 1 aromatic rings. The monoisotopic (exact) mass is 241 g/mol. The van der Waals surface area contributed by atoms with E-state index in [1.807, 2.05) is 0 Å². The number of benzene rings is 1. The van der Waals surface area contributed by atoms with Gasteiger partial charge in [-0.05, 0) is 18.2 Å². The number of nitrogens with two attached hydrogens (primary N) is 1. The maximum atomic E-state index is 5.64. The highest BCUT2D eigenvalue weighted by Crippen LogP contribution is 2.20. The van der Waals surface area contributed by atoms with Gasteiger partial charge in [0.25, 0.3) is 0 Å². The summed E-state index contributed by atoms with van der Waals surface area (Å²) in [6.45, 7) is 0. The number of hydrogen-bond acceptors (Lipinski definition) is 1. The average Bonchev–Trinajstić information content (AvgIpc) is 1.59. The van der Waals surface area contributed by atoms with Crippen molar-refractivity contribution in [1.29, 1.82) is 0 Å². The standard InChI is InChI=1S/C6H5BrClN.ClH/c7-4-1-5(8)3-6(9)2-4;/h1-3H,9H2;1H. The Hall–Kier alpha value is 0.0800. The van der Waals surface area contributed by atoms with Gasteiger partial charge in [-0.3, -0.25) is 0 Å². The van der Waals surface area contributed by atoms with Crippen molar-refractivity contribution in [3.05, 3.63) is 27.7 Å². The second kappa shape index (κ2) is 4.06. The molecule has 1 rings (SSSR count). The van der Waals surface area contributed by atoms with Crippen LogP contribution in [0.4, 0.5) is 5.69 Å². The second-order valence-corrected chi connectivity index (χ2v) is 3.05. The third-order valence-corrected chi connectivity index (χ3v) is 1.56. The number of halogens is 3. The van der Waals surface area contributed by atoms with Crippen molar-refractivity contribution in [2.24, 2.45) is 0 Å². The molecule has 0 aliphatic rings. The van der Waals surface area contributed by atoms with Crippen LogP contribution in [0, 0.1) is 0 Å². The molecule has 0 radical (unpaired) electrons. The summed E-state index contributed by atoms with van der Waals surface area (Å²) >= 11 is 8.89. The Bertz CT molecular complexity index is 177. The van der Waals surface area contributed by atoms with E-state index in [4.69, 9.17) is 17.3 Å². The second-order valence-electron chi connectivity index (χ2n) is 1.70. The Morgan fingerprint density at radius 3 is 2.30 bits per heavy atom. The van der Waals surface area contributed by atoms with Gasteiger partial charge >= 0.3 is 0 Å². The van der Waals surface area contributed by atoms with E-state index >= 15 is 0 Å². The summed E-state index contributed by atoms with van der Waals surface area (Å²) in [5.74, 6) is 0. The van der Waals surface area contributed by atoms with Gasteiger partial charge in [-0.15, -0.1) is 12.4 Å². The Morgan fingerprint density at radius 2 is 1.90 bits per heavy atom. The first kappa shape index (κ1) is 10.1. The normalized spacial score (nSPS) is 8.60. The fourth-order valence-corrected chi connectivity index (χ4v) is 1.46. The summed E-state index contributed by atoms with van der Waals surface area (Å²) in [6.07, 6.45) is 0. The highest BCUT2D eigenvalue weighted by atomic mass is 79.9. The first-order chi connectivity index (χ1) is 4.18.